The zero-order valence-electron chi connectivity index (χ0n) is 13.7. The fourth-order valence-electron chi connectivity index (χ4n) is 3.19. The van der Waals surface area contributed by atoms with Gasteiger partial charge in [-0.25, -0.2) is 0 Å². The summed E-state index contributed by atoms with van der Waals surface area (Å²) >= 11 is 0. The second-order valence-electron chi connectivity index (χ2n) is 7.08. The Kier molecular flexibility index (Phi) is 6.79. The van der Waals surface area contributed by atoms with E-state index in [1.54, 1.807) is 0 Å². The van der Waals surface area contributed by atoms with Crippen LogP contribution in [0.1, 0.15) is 52.9 Å². The number of nitrogens with one attached hydrogen (secondary N) is 1. The molecule has 0 spiro atoms. The van der Waals surface area contributed by atoms with Crippen molar-refractivity contribution in [2.75, 3.05) is 32.8 Å². The molecule has 0 aromatic heterocycles. The van der Waals surface area contributed by atoms with E-state index in [1.807, 2.05) is 0 Å². The fraction of sp³-hybridized carbons (Fsp3) is 1.00. The van der Waals surface area contributed by atoms with Gasteiger partial charge in [-0.15, -0.1) is 0 Å². The van der Waals surface area contributed by atoms with E-state index < -0.39 is 0 Å². The summed E-state index contributed by atoms with van der Waals surface area (Å²) in [6.45, 7) is 12.2. The second kappa shape index (κ2) is 8.35. The summed E-state index contributed by atoms with van der Waals surface area (Å²) in [6, 6.07) is 1.47. The Bertz CT molecular complexity index is 266. The van der Waals surface area contributed by atoms with Crippen molar-refractivity contribution >= 4 is 0 Å². The van der Waals surface area contributed by atoms with Gasteiger partial charge in [-0.3, -0.25) is 4.90 Å². The average Bonchev–Trinajstić information content (AvgIpc) is 3.24. The van der Waals surface area contributed by atoms with E-state index in [2.05, 4.69) is 31.0 Å². The number of hydrogen-bond donors (Lipinski definition) is 1. The molecule has 1 aliphatic carbocycles. The molecule has 1 aliphatic heterocycles. The molecule has 2 fully saturated rings. The van der Waals surface area contributed by atoms with Crippen molar-refractivity contribution < 1.29 is 4.74 Å². The average molecular weight is 282 g/mol. The highest BCUT2D eigenvalue weighted by Gasteiger charge is 2.36. The van der Waals surface area contributed by atoms with Gasteiger partial charge in [-0.05, 0) is 37.5 Å². The van der Waals surface area contributed by atoms with Gasteiger partial charge in [0, 0.05) is 38.3 Å². The molecule has 3 heteroatoms. The predicted molar refractivity (Wildman–Crippen MR) is 85.1 cm³/mol. The Morgan fingerprint density at radius 2 is 2.05 bits per heavy atom. The van der Waals surface area contributed by atoms with Crippen LogP contribution in [0.5, 0.6) is 0 Å². The fourth-order valence-corrected chi connectivity index (χ4v) is 3.19. The van der Waals surface area contributed by atoms with Gasteiger partial charge in [0.2, 0.25) is 0 Å². The van der Waals surface area contributed by atoms with E-state index in [1.165, 1.54) is 45.2 Å². The first-order valence-electron chi connectivity index (χ1n) is 8.75. The number of hydrogen-bond acceptors (Lipinski definition) is 3. The maximum absolute atomic E-state index is 5.82. The van der Waals surface area contributed by atoms with Crippen LogP contribution in [0.15, 0.2) is 0 Å². The van der Waals surface area contributed by atoms with Gasteiger partial charge in [0.05, 0.1) is 6.61 Å². The highest BCUT2D eigenvalue weighted by Crippen LogP contribution is 2.34. The SMILES string of the molecule is CCCC1CNC(C2CC2)CN1CCOCCC(C)C. The lowest BCUT2D eigenvalue weighted by Crippen LogP contribution is -2.57. The lowest BCUT2D eigenvalue weighted by molar-refractivity contribution is 0.0559. The molecule has 0 aromatic rings. The third kappa shape index (κ3) is 5.34. The zero-order chi connectivity index (χ0) is 14.4. The van der Waals surface area contributed by atoms with Gasteiger partial charge in [-0.2, -0.15) is 0 Å². The molecule has 1 N–H and O–H groups in total. The number of nitrogens with zero attached hydrogens (tertiary/aromatic N) is 1. The number of rotatable bonds is 9. The smallest absolute Gasteiger partial charge is 0.0593 e. The summed E-state index contributed by atoms with van der Waals surface area (Å²) in [5, 5.41) is 3.78. The quantitative estimate of drug-likeness (QED) is 0.658. The van der Waals surface area contributed by atoms with Crippen molar-refractivity contribution in [3.8, 4) is 0 Å². The van der Waals surface area contributed by atoms with E-state index >= 15 is 0 Å². The van der Waals surface area contributed by atoms with E-state index in [4.69, 9.17) is 4.74 Å². The molecule has 1 saturated heterocycles. The van der Waals surface area contributed by atoms with Crippen LogP contribution >= 0.6 is 0 Å². The van der Waals surface area contributed by atoms with Gasteiger partial charge < -0.3 is 10.1 Å². The molecule has 0 bridgehead atoms. The highest BCUT2D eigenvalue weighted by atomic mass is 16.5. The molecular formula is C17H34N2O. The number of ether oxygens (including phenoxy) is 1. The lowest BCUT2D eigenvalue weighted by atomic mass is 10.0. The normalized spacial score (nSPS) is 28.2. The van der Waals surface area contributed by atoms with Crippen LogP contribution in [-0.2, 0) is 4.74 Å². The first-order chi connectivity index (χ1) is 9.70. The summed E-state index contributed by atoms with van der Waals surface area (Å²) < 4.78 is 5.82. The number of piperazine rings is 1. The standard InChI is InChI=1S/C17H34N2O/c1-4-5-16-12-18-17(15-6-7-15)13-19(16)9-11-20-10-8-14(2)3/h14-18H,4-13H2,1-3H3. The van der Waals surface area contributed by atoms with E-state index in [0.29, 0.717) is 0 Å². The molecular weight excluding hydrogens is 248 g/mol. The maximum atomic E-state index is 5.82. The van der Waals surface area contributed by atoms with Crippen LogP contribution in [0.25, 0.3) is 0 Å². The molecule has 20 heavy (non-hydrogen) atoms. The molecule has 2 aliphatic rings. The molecule has 1 saturated carbocycles. The summed E-state index contributed by atoms with van der Waals surface area (Å²) in [4.78, 5) is 2.69. The minimum atomic E-state index is 0.726. The molecule has 2 atom stereocenters. The first kappa shape index (κ1) is 16.3. The van der Waals surface area contributed by atoms with Crippen molar-refractivity contribution in [2.45, 2.75) is 65.0 Å². The van der Waals surface area contributed by atoms with Crippen molar-refractivity contribution in [3.63, 3.8) is 0 Å². The lowest BCUT2D eigenvalue weighted by Gasteiger charge is -2.40. The maximum Gasteiger partial charge on any atom is 0.0593 e. The Morgan fingerprint density at radius 1 is 1.25 bits per heavy atom. The van der Waals surface area contributed by atoms with Crippen LogP contribution in [0.3, 0.4) is 0 Å². The zero-order valence-corrected chi connectivity index (χ0v) is 13.7. The first-order valence-corrected chi connectivity index (χ1v) is 8.75. The van der Waals surface area contributed by atoms with Crippen LogP contribution in [-0.4, -0.2) is 49.8 Å². The molecule has 3 nitrogen and oxygen atoms in total. The van der Waals surface area contributed by atoms with Crippen LogP contribution in [0.4, 0.5) is 0 Å². The molecule has 118 valence electrons. The minimum Gasteiger partial charge on any atom is -0.380 e. The molecule has 1 heterocycles. The van der Waals surface area contributed by atoms with Gasteiger partial charge >= 0.3 is 0 Å². The molecule has 0 amide bonds. The Morgan fingerprint density at radius 3 is 2.70 bits per heavy atom. The third-order valence-corrected chi connectivity index (χ3v) is 4.74. The van der Waals surface area contributed by atoms with Crippen LogP contribution < -0.4 is 5.32 Å². The third-order valence-electron chi connectivity index (χ3n) is 4.74. The summed E-state index contributed by atoms with van der Waals surface area (Å²) in [7, 11) is 0. The Labute approximate surface area is 125 Å². The minimum absolute atomic E-state index is 0.726. The van der Waals surface area contributed by atoms with Crippen LogP contribution in [0, 0.1) is 11.8 Å². The summed E-state index contributed by atoms with van der Waals surface area (Å²) in [5.74, 6) is 1.71. The van der Waals surface area contributed by atoms with Gasteiger partial charge in [0.1, 0.15) is 0 Å². The van der Waals surface area contributed by atoms with Gasteiger partial charge in [-0.1, -0.05) is 27.2 Å². The largest absolute Gasteiger partial charge is 0.380 e. The van der Waals surface area contributed by atoms with Crippen molar-refractivity contribution in [1.29, 1.82) is 0 Å². The predicted octanol–water partition coefficient (Wildman–Crippen LogP) is 2.90. The van der Waals surface area contributed by atoms with Crippen molar-refractivity contribution in [3.05, 3.63) is 0 Å². The van der Waals surface area contributed by atoms with Gasteiger partial charge in [0.25, 0.3) is 0 Å². The van der Waals surface area contributed by atoms with Crippen molar-refractivity contribution in [2.24, 2.45) is 11.8 Å². The molecule has 2 rings (SSSR count). The molecule has 2 unspecified atom stereocenters. The highest BCUT2D eigenvalue weighted by molar-refractivity contribution is 4.94. The summed E-state index contributed by atoms with van der Waals surface area (Å²) in [5.41, 5.74) is 0. The second-order valence-corrected chi connectivity index (χ2v) is 7.08. The Balaban J connectivity index is 1.69. The Hall–Kier alpha value is -0.120. The van der Waals surface area contributed by atoms with E-state index in [0.717, 1.165) is 43.7 Å². The monoisotopic (exact) mass is 282 g/mol. The van der Waals surface area contributed by atoms with Gasteiger partial charge in [0.15, 0.2) is 0 Å². The summed E-state index contributed by atoms with van der Waals surface area (Å²) in [6.07, 6.45) is 6.66. The molecule has 0 radical (unpaired) electrons. The van der Waals surface area contributed by atoms with E-state index in [9.17, 15) is 0 Å². The van der Waals surface area contributed by atoms with Crippen LogP contribution in [0.2, 0.25) is 0 Å². The molecule has 0 aromatic carbocycles. The van der Waals surface area contributed by atoms with E-state index in [-0.39, 0.29) is 0 Å². The topological polar surface area (TPSA) is 24.5 Å². The van der Waals surface area contributed by atoms with Crippen molar-refractivity contribution in [1.82, 2.24) is 10.2 Å².